The van der Waals surface area contributed by atoms with Gasteiger partial charge < -0.3 is 9.84 Å². The van der Waals surface area contributed by atoms with Gasteiger partial charge in [0.05, 0.1) is 6.54 Å². The minimum atomic E-state index is 0.633. The van der Waals surface area contributed by atoms with E-state index >= 15 is 0 Å². The third kappa shape index (κ3) is 2.63. The van der Waals surface area contributed by atoms with Crippen molar-refractivity contribution < 1.29 is 4.52 Å². The Morgan fingerprint density at radius 1 is 1.53 bits per heavy atom. The molecule has 0 atom stereocenters. The van der Waals surface area contributed by atoms with Crippen molar-refractivity contribution in [3.63, 3.8) is 0 Å². The van der Waals surface area contributed by atoms with E-state index in [-0.39, 0.29) is 0 Å². The Kier molecular flexibility index (Phi) is 3.08. The molecule has 6 nitrogen and oxygen atoms in total. The molecule has 0 spiro atoms. The molecule has 2 aromatic rings. The fourth-order valence-corrected chi connectivity index (χ4v) is 1.33. The van der Waals surface area contributed by atoms with E-state index in [2.05, 4.69) is 25.1 Å². The predicted molar refractivity (Wildman–Crippen MR) is 52.9 cm³/mol. The summed E-state index contributed by atoms with van der Waals surface area (Å²) in [5, 5.41) is 11.0. The number of nitrogens with one attached hydrogen (secondary N) is 1. The first-order valence-corrected chi connectivity index (χ1v) is 4.79. The smallest absolute Gasteiger partial charge is 0.213 e. The van der Waals surface area contributed by atoms with Gasteiger partial charge >= 0.3 is 0 Å². The molecule has 0 saturated heterocycles. The van der Waals surface area contributed by atoms with Crippen LogP contribution in [0.3, 0.4) is 0 Å². The highest BCUT2D eigenvalue weighted by Crippen LogP contribution is 1.96. The van der Waals surface area contributed by atoms with Crippen LogP contribution in [-0.4, -0.2) is 26.5 Å². The topological polar surface area (TPSA) is 68.8 Å². The molecule has 2 rings (SSSR count). The third-order valence-corrected chi connectivity index (χ3v) is 2.17. The Hall–Kier alpha value is -1.69. The Labute approximate surface area is 87.3 Å². The Morgan fingerprint density at radius 3 is 3.13 bits per heavy atom. The van der Waals surface area contributed by atoms with Crippen molar-refractivity contribution in [1.29, 1.82) is 0 Å². The average Bonchev–Trinajstić information content (AvgIpc) is 2.85. The molecule has 2 aromatic heterocycles. The standard InChI is InChI=1S/C9H13N5O/c1-14-8(3-5-12-14)2-4-10-6-9-11-7-15-13-9/h3,5,7,10H,2,4,6H2,1H3. The summed E-state index contributed by atoms with van der Waals surface area (Å²) >= 11 is 0. The van der Waals surface area contributed by atoms with Crippen molar-refractivity contribution in [2.24, 2.45) is 7.05 Å². The summed E-state index contributed by atoms with van der Waals surface area (Å²) in [5.74, 6) is 0.681. The number of aromatic nitrogens is 4. The lowest BCUT2D eigenvalue weighted by molar-refractivity contribution is 0.407. The Balaban J connectivity index is 1.70. The Bertz CT molecular complexity index is 394. The van der Waals surface area contributed by atoms with Crippen LogP contribution in [-0.2, 0) is 20.0 Å². The fraction of sp³-hybridized carbons (Fsp3) is 0.444. The average molecular weight is 207 g/mol. The van der Waals surface area contributed by atoms with Gasteiger partial charge in [0.15, 0.2) is 5.82 Å². The van der Waals surface area contributed by atoms with Gasteiger partial charge in [-0.15, -0.1) is 0 Å². The second-order valence-electron chi connectivity index (χ2n) is 3.22. The second kappa shape index (κ2) is 4.70. The van der Waals surface area contributed by atoms with Crippen LogP contribution in [0.25, 0.3) is 0 Å². The first kappa shape index (κ1) is 9.85. The van der Waals surface area contributed by atoms with Crippen LogP contribution in [0, 0.1) is 0 Å². The van der Waals surface area contributed by atoms with E-state index in [4.69, 9.17) is 0 Å². The largest absolute Gasteiger partial charge is 0.343 e. The zero-order valence-electron chi connectivity index (χ0n) is 8.55. The summed E-state index contributed by atoms with van der Waals surface area (Å²) in [6.45, 7) is 1.50. The number of hydrogen-bond donors (Lipinski definition) is 1. The van der Waals surface area contributed by atoms with Gasteiger partial charge in [-0.3, -0.25) is 4.68 Å². The van der Waals surface area contributed by atoms with Crippen LogP contribution < -0.4 is 5.32 Å². The molecule has 2 heterocycles. The normalized spacial score (nSPS) is 10.7. The molecule has 0 aliphatic rings. The first-order chi connectivity index (χ1) is 7.36. The minimum Gasteiger partial charge on any atom is -0.343 e. The van der Waals surface area contributed by atoms with Crippen molar-refractivity contribution in [3.05, 3.63) is 30.2 Å². The summed E-state index contributed by atoms with van der Waals surface area (Å²) in [4.78, 5) is 3.91. The molecule has 0 aliphatic carbocycles. The molecule has 0 aliphatic heterocycles. The lowest BCUT2D eigenvalue weighted by Crippen LogP contribution is -2.18. The van der Waals surface area contributed by atoms with Gasteiger partial charge in [0.25, 0.3) is 0 Å². The van der Waals surface area contributed by atoms with Crippen molar-refractivity contribution in [3.8, 4) is 0 Å². The van der Waals surface area contributed by atoms with Gasteiger partial charge in [0, 0.05) is 31.9 Å². The molecule has 0 bridgehead atoms. The van der Waals surface area contributed by atoms with E-state index in [0.29, 0.717) is 12.4 Å². The summed E-state index contributed by atoms with van der Waals surface area (Å²) in [6, 6.07) is 2.01. The highest BCUT2D eigenvalue weighted by molar-refractivity contribution is 5.00. The summed E-state index contributed by atoms with van der Waals surface area (Å²) in [6.07, 6.45) is 4.07. The van der Waals surface area contributed by atoms with Crippen LogP contribution in [0.2, 0.25) is 0 Å². The molecular formula is C9H13N5O. The lowest BCUT2D eigenvalue weighted by atomic mass is 10.3. The maximum Gasteiger partial charge on any atom is 0.213 e. The lowest BCUT2D eigenvalue weighted by Gasteiger charge is -2.02. The predicted octanol–water partition coefficient (Wildman–Crippen LogP) is 0.135. The van der Waals surface area contributed by atoms with Crippen LogP contribution in [0.5, 0.6) is 0 Å². The van der Waals surface area contributed by atoms with Gasteiger partial charge in [-0.1, -0.05) is 5.16 Å². The van der Waals surface area contributed by atoms with Crippen LogP contribution >= 0.6 is 0 Å². The number of hydrogen-bond acceptors (Lipinski definition) is 5. The zero-order valence-corrected chi connectivity index (χ0v) is 8.55. The van der Waals surface area contributed by atoms with Gasteiger partial charge in [-0.05, 0) is 6.07 Å². The third-order valence-electron chi connectivity index (χ3n) is 2.17. The van der Waals surface area contributed by atoms with Crippen LogP contribution in [0.4, 0.5) is 0 Å². The highest BCUT2D eigenvalue weighted by Gasteiger charge is 1.99. The van der Waals surface area contributed by atoms with E-state index < -0.39 is 0 Å². The molecule has 0 amide bonds. The minimum absolute atomic E-state index is 0.633. The molecule has 6 heteroatoms. The zero-order chi connectivity index (χ0) is 10.5. The second-order valence-corrected chi connectivity index (χ2v) is 3.22. The monoisotopic (exact) mass is 207 g/mol. The molecule has 80 valence electrons. The molecule has 0 saturated carbocycles. The van der Waals surface area contributed by atoms with Crippen LogP contribution in [0.1, 0.15) is 11.5 Å². The fourth-order valence-electron chi connectivity index (χ4n) is 1.33. The quantitative estimate of drug-likeness (QED) is 0.706. The van der Waals surface area contributed by atoms with E-state index in [9.17, 15) is 0 Å². The van der Waals surface area contributed by atoms with E-state index in [1.165, 1.54) is 12.1 Å². The molecule has 0 radical (unpaired) electrons. The van der Waals surface area contributed by atoms with Gasteiger partial charge in [-0.25, -0.2) is 0 Å². The number of rotatable bonds is 5. The maximum absolute atomic E-state index is 4.62. The van der Waals surface area contributed by atoms with Gasteiger partial charge in [0.1, 0.15) is 0 Å². The molecule has 0 aromatic carbocycles. The van der Waals surface area contributed by atoms with Crippen LogP contribution in [0.15, 0.2) is 23.2 Å². The Morgan fingerprint density at radius 2 is 2.47 bits per heavy atom. The number of nitrogens with zero attached hydrogens (tertiary/aromatic N) is 4. The van der Waals surface area contributed by atoms with E-state index in [0.717, 1.165) is 13.0 Å². The molecule has 0 unspecified atom stereocenters. The van der Waals surface area contributed by atoms with Gasteiger partial charge in [-0.2, -0.15) is 10.1 Å². The molecule has 1 N–H and O–H groups in total. The van der Waals surface area contributed by atoms with Crippen molar-refractivity contribution >= 4 is 0 Å². The highest BCUT2D eigenvalue weighted by atomic mass is 16.5. The van der Waals surface area contributed by atoms with E-state index in [1.54, 1.807) is 6.20 Å². The van der Waals surface area contributed by atoms with Crippen molar-refractivity contribution in [2.45, 2.75) is 13.0 Å². The number of aryl methyl sites for hydroxylation is 1. The maximum atomic E-state index is 4.62. The van der Waals surface area contributed by atoms with Crippen molar-refractivity contribution in [1.82, 2.24) is 25.2 Å². The summed E-state index contributed by atoms with van der Waals surface area (Å²) in [5.41, 5.74) is 1.20. The molecule has 0 fully saturated rings. The SMILES string of the molecule is Cn1nccc1CCNCc1ncon1. The van der Waals surface area contributed by atoms with E-state index in [1.807, 2.05) is 17.8 Å². The molecular weight excluding hydrogens is 194 g/mol. The van der Waals surface area contributed by atoms with Crippen molar-refractivity contribution in [2.75, 3.05) is 6.54 Å². The van der Waals surface area contributed by atoms with Gasteiger partial charge in [0.2, 0.25) is 6.39 Å². The first-order valence-electron chi connectivity index (χ1n) is 4.79. The summed E-state index contributed by atoms with van der Waals surface area (Å²) in [7, 11) is 1.94. The summed E-state index contributed by atoms with van der Waals surface area (Å²) < 4.78 is 6.49. The molecule has 15 heavy (non-hydrogen) atoms.